The third-order valence-corrected chi connectivity index (χ3v) is 5.56. The van der Waals surface area contributed by atoms with Crippen LogP contribution in [-0.2, 0) is 0 Å². The van der Waals surface area contributed by atoms with Crippen molar-refractivity contribution in [2.45, 2.75) is 50.0 Å². The standard InChI is InChI=1S/C15H17Cl2FO/c16-10-5-4-6-11(14(10)18)19-13-9-12(17)15(13)7-2-1-3-8-15/h4-6,12-13H,1-3,7-9H2. The van der Waals surface area contributed by atoms with Crippen LogP contribution in [0.4, 0.5) is 4.39 Å². The maximum Gasteiger partial charge on any atom is 0.183 e. The molecule has 2 fully saturated rings. The molecule has 2 saturated carbocycles. The first-order valence-electron chi connectivity index (χ1n) is 6.88. The minimum Gasteiger partial charge on any atom is -0.487 e. The van der Waals surface area contributed by atoms with Gasteiger partial charge in [0, 0.05) is 17.2 Å². The van der Waals surface area contributed by atoms with Gasteiger partial charge in [-0.2, -0.15) is 0 Å². The predicted octanol–water partition coefficient (Wildman–Crippen LogP) is 5.19. The maximum absolute atomic E-state index is 13.9. The Balaban J connectivity index is 1.78. The number of benzene rings is 1. The largest absolute Gasteiger partial charge is 0.487 e. The molecule has 0 radical (unpaired) electrons. The van der Waals surface area contributed by atoms with Crippen molar-refractivity contribution in [3.8, 4) is 5.75 Å². The van der Waals surface area contributed by atoms with Crippen LogP contribution >= 0.6 is 23.2 Å². The summed E-state index contributed by atoms with van der Waals surface area (Å²) in [7, 11) is 0. The fraction of sp³-hybridized carbons (Fsp3) is 0.600. The van der Waals surface area contributed by atoms with Crippen LogP contribution in [0.3, 0.4) is 0 Å². The molecule has 0 aliphatic heterocycles. The molecule has 3 rings (SSSR count). The molecule has 2 atom stereocenters. The predicted molar refractivity (Wildman–Crippen MR) is 75.6 cm³/mol. The van der Waals surface area contributed by atoms with E-state index in [1.54, 1.807) is 12.1 Å². The van der Waals surface area contributed by atoms with Gasteiger partial charge >= 0.3 is 0 Å². The number of rotatable bonds is 2. The summed E-state index contributed by atoms with van der Waals surface area (Å²) in [5.41, 5.74) is 0.0502. The van der Waals surface area contributed by atoms with Crippen molar-refractivity contribution in [2.75, 3.05) is 0 Å². The van der Waals surface area contributed by atoms with Crippen LogP contribution in [0.25, 0.3) is 0 Å². The van der Waals surface area contributed by atoms with Gasteiger partial charge in [-0.05, 0) is 25.0 Å². The van der Waals surface area contributed by atoms with Crippen molar-refractivity contribution in [2.24, 2.45) is 5.41 Å². The van der Waals surface area contributed by atoms with E-state index in [0.29, 0.717) is 0 Å². The highest BCUT2D eigenvalue weighted by atomic mass is 35.5. The summed E-state index contributed by atoms with van der Waals surface area (Å²) in [5.74, 6) is -0.209. The molecule has 104 valence electrons. The second-order valence-electron chi connectivity index (χ2n) is 5.66. The Labute approximate surface area is 123 Å². The van der Waals surface area contributed by atoms with E-state index in [9.17, 15) is 4.39 Å². The Kier molecular flexibility index (Phi) is 3.65. The van der Waals surface area contributed by atoms with Crippen molar-refractivity contribution in [1.29, 1.82) is 0 Å². The molecular weight excluding hydrogens is 286 g/mol. The minimum atomic E-state index is -0.465. The Morgan fingerprint density at radius 3 is 2.63 bits per heavy atom. The molecule has 2 unspecified atom stereocenters. The highest BCUT2D eigenvalue weighted by molar-refractivity contribution is 6.30. The van der Waals surface area contributed by atoms with Crippen LogP contribution in [0.5, 0.6) is 5.75 Å². The van der Waals surface area contributed by atoms with Crippen molar-refractivity contribution >= 4 is 23.2 Å². The van der Waals surface area contributed by atoms with Crippen molar-refractivity contribution in [1.82, 2.24) is 0 Å². The van der Waals surface area contributed by atoms with Gasteiger partial charge < -0.3 is 4.74 Å². The smallest absolute Gasteiger partial charge is 0.183 e. The van der Waals surface area contributed by atoms with Crippen LogP contribution in [0, 0.1) is 11.2 Å². The lowest BCUT2D eigenvalue weighted by atomic mass is 9.58. The molecule has 0 amide bonds. The van der Waals surface area contributed by atoms with E-state index in [1.165, 1.54) is 25.3 Å². The summed E-state index contributed by atoms with van der Waals surface area (Å²) in [5, 5.41) is 0.275. The Morgan fingerprint density at radius 2 is 1.95 bits per heavy atom. The lowest BCUT2D eigenvalue weighted by Crippen LogP contribution is -2.58. The van der Waals surface area contributed by atoms with E-state index in [4.69, 9.17) is 27.9 Å². The summed E-state index contributed by atoms with van der Waals surface area (Å²) >= 11 is 12.2. The van der Waals surface area contributed by atoms with Gasteiger partial charge in [0.2, 0.25) is 0 Å². The lowest BCUT2D eigenvalue weighted by Gasteiger charge is -2.55. The molecule has 1 aromatic rings. The minimum absolute atomic E-state index is 0.0308. The van der Waals surface area contributed by atoms with Gasteiger partial charge in [-0.3, -0.25) is 0 Å². The van der Waals surface area contributed by atoms with E-state index in [0.717, 1.165) is 19.3 Å². The van der Waals surface area contributed by atoms with Gasteiger partial charge in [0.15, 0.2) is 11.6 Å². The van der Waals surface area contributed by atoms with Gasteiger partial charge in [0.1, 0.15) is 6.10 Å². The van der Waals surface area contributed by atoms with E-state index in [1.807, 2.05) is 0 Å². The number of ether oxygens (including phenoxy) is 1. The molecule has 1 nitrogen and oxygen atoms in total. The molecule has 19 heavy (non-hydrogen) atoms. The zero-order chi connectivity index (χ0) is 13.5. The quantitative estimate of drug-likeness (QED) is 0.683. The molecule has 0 heterocycles. The lowest BCUT2D eigenvalue weighted by molar-refractivity contribution is -0.0665. The average Bonchev–Trinajstić information content (AvgIpc) is 2.44. The Hall–Kier alpha value is -0.470. The molecule has 4 heteroatoms. The molecule has 0 aromatic heterocycles. The summed E-state index contributed by atoms with van der Waals surface area (Å²) in [6, 6.07) is 4.88. The summed E-state index contributed by atoms with van der Waals surface area (Å²) in [6.07, 6.45) is 6.67. The van der Waals surface area contributed by atoms with Gasteiger partial charge in [0.05, 0.1) is 5.02 Å². The fourth-order valence-corrected chi connectivity index (χ4v) is 4.12. The molecule has 2 aliphatic rings. The van der Waals surface area contributed by atoms with Crippen molar-refractivity contribution < 1.29 is 9.13 Å². The molecular formula is C15H17Cl2FO. The SMILES string of the molecule is Fc1c(Cl)cccc1OC1CC(Cl)C12CCCCC2. The first-order chi connectivity index (χ1) is 9.13. The molecule has 2 aliphatic carbocycles. The summed E-state index contributed by atoms with van der Waals surface area (Å²) < 4.78 is 19.8. The van der Waals surface area contributed by atoms with E-state index >= 15 is 0 Å². The van der Waals surface area contributed by atoms with Crippen molar-refractivity contribution in [3.63, 3.8) is 0 Å². The molecule has 1 spiro atoms. The topological polar surface area (TPSA) is 9.23 Å². The summed E-state index contributed by atoms with van der Waals surface area (Å²) in [4.78, 5) is 0. The number of hydrogen-bond donors (Lipinski definition) is 0. The Bertz CT molecular complexity index is 471. The maximum atomic E-state index is 13.9. The van der Waals surface area contributed by atoms with Crippen LogP contribution in [0.1, 0.15) is 38.5 Å². The van der Waals surface area contributed by atoms with Gasteiger partial charge in [-0.25, -0.2) is 4.39 Å². The zero-order valence-electron chi connectivity index (χ0n) is 10.7. The van der Waals surface area contributed by atoms with Crippen LogP contribution in [-0.4, -0.2) is 11.5 Å². The van der Waals surface area contributed by atoms with E-state index in [2.05, 4.69) is 0 Å². The number of alkyl halides is 1. The monoisotopic (exact) mass is 302 g/mol. The Morgan fingerprint density at radius 1 is 1.21 bits per heavy atom. The normalized spacial score (nSPS) is 29.0. The first kappa shape index (κ1) is 13.5. The highest BCUT2D eigenvalue weighted by Gasteiger charge is 2.56. The van der Waals surface area contributed by atoms with Crippen LogP contribution in [0.15, 0.2) is 18.2 Å². The average molecular weight is 303 g/mol. The third-order valence-electron chi connectivity index (χ3n) is 4.66. The third kappa shape index (κ3) is 2.23. The number of halogens is 3. The second-order valence-corrected chi connectivity index (χ2v) is 6.59. The zero-order valence-corrected chi connectivity index (χ0v) is 12.2. The second kappa shape index (κ2) is 5.14. The highest BCUT2D eigenvalue weighted by Crippen LogP contribution is 2.55. The van der Waals surface area contributed by atoms with E-state index < -0.39 is 5.82 Å². The van der Waals surface area contributed by atoms with Gasteiger partial charge in [0.25, 0.3) is 0 Å². The first-order valence-corrected chi connectivity index (χ1v) is 7.70. The molecule has 0 N–H and O–H groups in total. The number of hydrogen-bond acceptors (Lipinski definition) is 1. The van der Waals surface area contributed by atoms with Gasteiger partial charge in [-0.15, -0.1) is 11.6 Å². The fourth-order valence-electron chi connectivity index (χ4n) is 3.44. The molecule has 0 saturated heterocycles. The van der Waals surface area contributed by atoms with Crippen LogP contribution < -0.4 is 4.74 Å². The molecule has 1 aromatic carbocycles. The van der Waals surface area contributed by atoms with Crippen molar-refractivity contribution in [3.05, 3.63) is 29.0 Å². The van der Waals surface area contributed by atoms with E-state index in [-0.39, 0.29) is 27.7 Å². The summed E-state index contributed by atoms with van der Waals surface area (Å²) in [6.45, 7) is 0. The van der Waals surface area contributed by atoms with Crippen LogP contribution in [0.2, 0.25) is 5.02 Å². The molecule has 0 bridgehead atoms. The van der Waals surface area contributed by atoms with Gasteiger partial charge in [-0.1, -0.05) is 36.9 Å².